The predicted molar refractivity (Wildman–Crippen MR) is 70.6 cm³/mol. The molecule has 0 saturated carbocycles. The molecule has 0 radical (unpaired) electrons. The van der Waals surface area contributed by atoms with E-state index in [9.17, 15) is 14.7 Å². The molecule has 4 N–H and O–H groups in total. The second-order valence-electron chi connectivity index (χ2n) is 4.49. The molecule has 0 aliphatic carbocycles. The number of rotatable bonds is 4. The Bertz CT molecular complexity index is 486. The van der Waals surface area contributed by atoms with E-state index in [0.717, 1.165) is 0 Å². The molecule has 0 aromatic heterocycles. The zero-order valence-electron chi connectivity index (χ0n) is 11.1. The maximum Gasteiger partial charge on any atom is 0.328 e. The molecule has 1 rings (SSSR count). The van der Waals surface area contributed by atoms with Gasteiger partial charge in [0.2, 0.25) is 0 Å². The van der Waals surface area contributed by atoms with Gasteiger partial charge in [-0.2, -0.15) is 0 Å². The van der Waals surface area contributed by atoms with Crippen molar-refractivity contribution in [1.82, 2.24) is 5.32 Å². The fraction of sp³-hybridized carbons (Fsp3) is 0.385. The lowest BCUT2D eigenvalue weighted by Crippen LogP contribution is -2.45. The lowest BCUT2D eigenvalue weighted by Gasteiger charge is -2.20. The third kappa shape index (κ3) is 3.61. The van der Waals surface area contributed by atoms with Crippen LogP contribution >= 0.6 is 0 Å². The first-order chi connectivity index (χ1) is 8.86. The molecule has 0 aliphatic heterocycles. The van der Waals surface area contributed by atoms with E-state index in [1.807, 2.05) is 0 Å². The normalized spacial score (nSPS) is 12.0. The maximum atomic E-state index is 12.0. The van der Waals surface area contributed by atoms with Gasteiger partial charge in [0.25, 0.3) is 5.91 Å². The van der Waals surface area contributed by atoms with Crippen LogP contribution in [0.1, 0.15) is 24.2 Å². The summed E-state index contributed by atoms with van der Waals surface area (Å²) in [5, 5.41) is 11.9. The van der Waals surface area contributed by atoms with Crippen LogP contribution < -0.4 is 11.1 Å². The van der Waals surface area contributed by atoms with Crippen molar-refractivity contribution in [1.29, 1.82) is 0 Å². The van der Waals surface area contributed by atoms with Gasteiger partial charge in [-0.15, -0.1) is 0 Å². The minimum Gasteiger partial charge on any atom is -0.508 e. The quantitative estimate of drug-likeness (QED) is 0.427. The third-order valence-corrected chi connectivity index (χ3v) is 2.69. The first-order valence-electron chi connectivity index (χ1n) is 5.84. The molecule has 104 valence electrons. The number of carbonyl (C=O) groups is 2. The Morgan fingerprint density at radius 1 is 1.37 bits per heavy atom. The Labute approximate surface area is 111 Å². The number of hydrogen-bond acceptors (Lipinski definition) is 5. The molecule has 1 atom stereocenters. The molecule has 1 unspecified atom stereocenters. The average molecular weight is 266 g/mol. The van der Waals surface area contributed by atoms with Crippen LogP contribution in [-0.4, -0.2) is 30.1 Å². The van der Waals surface area contributed by atoms with E-state index >= 15 is 0 Å². The Morgan fingerprint density at radius 3 is 2.53 bits per heavy atom. The van der Waals surface area contributed by atoms with Crippen LogP contribution in [0, 0.1) is 5.92 Å². The molecular weight excluding hydrogens is 248 g/mol. The van der Waals surface area contributed by atoms with E-state index in [0.29, 0.717) is 0 Å². The van der Waals surface area contributed by atoms with Gasteiger partial charge in [0.1, 0.15) is 11.8 Å². The van der Waals surface area contributed by atoms with Crippen molar-refractivity contribution >= 4 is 17.6 Å². The van der Waals surface area contributed by atoms with Crippen LogP contribution in [-0.2, 0) is 9.53 Å². The number of amides is 1. The zero-order chi connectivity index (χ0) is 14.6. The molecule has 0 saturated heterocycles. The first kappa shape index (κ1) is 14.8. The van der Waals surface area contributed by atoms with Crippen LogP contribution in [0.4, 0.5) is 5.69 Å². The third-order valence-electron chi connectivity index (χ3n) is 2.69. The second kappa shape index (κ2) is 6.08. The van der Waals surface area contributed by atoms with Crippen LogP contribution in [0.5, 0.6) is 5.75 Å². The van der Waals surface area contributed by atoms with Crippen molar-refractivity contribution in [2.24, 2.45) is 5.92 Å². The lowest BCUT2D eigenvalue weighted by atomic mass is 10.0. The second-order valence-corrected chi connectivity index (χ2v) is 4.49. The topological polar surface area (TPSA) is 102 Å². The fourth-order valence-electron chi connectivity index (χ4n) is 1.58. The molecular formula is C13H18N2O4. The number of carbonyl (C=O) groups excluding carboxylic acids is 2. The van der Waals surface area contributed by atoms with Crippen molar-refractivity contribution in [2.75, 3.05) is 12.8 Å². The van der Waals surface area contributed by atoms with E-state index in [2.05, 4.69) is 10.1 Å². The lowest BCUT2D eigenvalue weighted by molar-refractivity contribution is -0.144. The van der Waals surface area contributed by atoms with Crippen LogP contribution in [0.2, 0.25) is 0 Å². The Kier molecular flexibility index (Phi) is 4.74. The number of phenols is 1. The number of nitrogens with one attached hydrogen (secondary N) is 1. The van der Waals surface area contributed by atoms with Crippen molar-refractivity contribution < 1.29 is 19.4 Å². The Morgan fingerprint density at radius 2 is 2.00 bits per heavy atom. The number of anilines is 1. The molecule has 6 heteroatoms. The summed E-state index contributed by atoms with van der Waals surface area (Å²) in [4.78, 5) is 23.6. The number of nitrogens with two attached hydrogens (primary N) is 1. The smallest absolute Gasteiger partial charge is 0.328 e. The van der Waals surface area contributed by atoms with Crippen molar-refractivity contribution in [3.63, 3.8) is 0 Å². The molecule has 0 spiro atoms. The van der Waals surface area contributed by atoms with Gasteiger partial charge >= 0.3 is 5.97 Å². The summed E-state index contributed by atoms with van der Waals surface area (Å²) >= 11 is 0. The number of methoxy groups -OCH3 is 1. The maximum absolute atomic E-state index is 12.0. The zero-order valence-corrected chi connectivity index (χ0v) is 11.1. The number of nitrogen functional groups attached to an aromatic ring is 1. The van der Waals surface area contributed by atoms with Gasteiger partial charge < -0.3 is 20.9 Å². The summed E-state index contributed by atoms with van der Waals surface area (Å²) in [7, 11) is 1.26. The van der Waals surface area contributed by atoms with Crippen LogP contribution in [0.3, 0.4) is 0 Å². The van der Waals surface area contributed by atoms with Gasteiger partial charge in [0, 0.05) is 5.69 Å². The summed E-state index contributed by atoms with van der Waals surface area (Å²) in [5.41, 5.74) is 6.01. The number of benzene rings is 1. The summed E-state index contributed by atoms with van der Waals surface area (Å²) in [6, 6.07) is 3.29. The minimum absolute atomic E-state index is 0.0708. The van der Waals surface area contributed by atoms with Crippen molar-refractivity contribution in [3.05, 3.63) is 23.8 Å². The number of ether oxygens (including phenoxy) is 1. The first-order valence-corrected chi connectivity index (χ1v) is 5.84. The average Bonchev–Trinajstić information content (AvgIpc) is 2.37. The highest BCUT2D eigenvalue weighted by molar-refractivity contribution is 6.01. The van der Waals surface area contributed by atoms with Gasteiger partial charge in [0.15, 0.2) is 0 Å². The van der Waals surface area contributed by atoms with Gasteiger partial charge in [-0.05, 0) is 24.1 Å². The molecule has 0 bridgehead atoms. The molecule has 0 fully saturated rings. The van der Waals surface area contributed by atoms with Crippen molar-refractivity contribution in [2.45, 2.75) is 19.9 Å². The highest BCUT2D eigenvalue weighted by atomic mass is 16.5. The monoisotopic (exact) mass is 266 g/mol. The molecule has 0 heterocycles. The number of phenolic OH excluding ortho intramolecular Hbond substituents is 1. The summed E-state index contributed by atoms with van der Waals surface area (Å²) in [6.07, 6.45) is 0. The molecule has 1 amide bonds. The largest absolute Gasteiger partial charge is 0.508 e. The molecule has 1 aromatic rings. The van der Waals surface area contributed by atoms with Crippen LogP contribution in [0.15, 0.2) is 18.2 Å². The standard InChI is InChI=1S/C13H18N2O4/c1-7(2)11(13(18)19-3)15-12(17)9-6-8(16)4-5-10(9)14/h4-7,11,16H,14H2,1-3H3,(H,15,17). The number of aromatic hydroxyl groups is 1. The van der Waals surface area contributed by atoms with E-state index in [1.165, 1.54) is 25.3 Å². The summed E-state index contributed by atoms with van der Waals surface area (Å²) in [5.74, 6) is -1.26. The van der Waals surface area contributed by atoms with Gasteiger partial charge in [-0.3, -0.25) is 4.79 Å². The Hall–Kier alpha value is -2.24. The van der Waals surface area contributed by atoms with E-state index in [1.54, 1.807) is 13.8 Å². The highest BCUT2D eigenvalue weighted by Gasteiger charge is 2.26. The Balaban J connectivity index is 2.94. The molecule has 0 aliphatic rings. The van der Waals surface area contributed by atoms with Crippen LogP contribution in [0.25, 0.3) is 0 Å². The van der Waals surface area contributed by atoms with Crippen molar-refractivity contribution in [3.8, 4) is 5.75 Å². The molecule has 6 nitrogen and oxygen atoms in total. The SMILES string of the molecule is COC(=O)C(NC(=O)c1cc(O)ccc1N)C(C)C. The number of hydrogen-bond donors (Lipinski definition) is 3. The summed E-state index contributed by atoms with van der Waals surface area (Å²) < 4.78 is 4.63. The summed E-state index contributed by atoms with van der Waals surface area (Å²) in [6.45, 7) is 3.57. The molecule has 19 heavy (non-hydrogen) atoms. The van der Waals surface area contributed by atoms with E-state index in [4.69, 9.17) is 5.73 Å². The fourth-order valence-corrected chi connectivity index (χ4v) is 1.58. The van der Waals surface area contributed by atoms with Gasteiger partial charge in [-0.25, -0.2) is 4.79 Å². The minimum atomic E-state index is -0.765. The van der Waals surface area contributed by atoms with Gasteiger partial charge in [-0.1, -0.05) is 13.8 Å². The van der Waals surface area contributed by atoms with E-state index in [-0.39, 0.29) is 22.9 Å². The van der Waals surface area contributed by atoms with Gasteiger partial charge in [0.05, 0.1) is 12.7 Å². The molecule has 1 aromatic carbocycles. The van der Waals surface area contributed by atoms with E-state index < -0.39 is 17.9 Å². The highest BCUT2D eigenvalue weighted by Crippen LogP contribution is 2.18. The predicted octanol–water partition coefficient (Wildman–Crippen LogP) is 0.902. The number of esters is 1.